The van der Waals surface area contributed by atoms with Gasteiger partial charge in [0.25, 0.3) is 0 Å². The smallest absolute Gasteiger partial charge is 0.0532 e. The molecule has 0 radical (unpaired) electrons. The molecule has 0 aromatic carbocycles. The molecule has 2 N–H and O–H groups in total. The first-order valence-corrected chi connectivity index (χ1v) is 5.71. The number of rotatable bonds is 6. The number of aryl methyl sites for hydroxylation is 1. The lowest BCUT2D eigenvalue weighted by Gasteiger charge is -2.01. The fourth-order valence-corrected chi connectivity index (χ4v) is 1.72. The maximum absolute atomic E-state index is 3.91. The van der Waals surface area contributed by atoms with Gasteiger partial charge >= 0.3 is 0 Å². The molecule has 4 nitrogen and oxygen atoms in total. The Morgan fingerprint density at radius 3 is 3.00 bits per heavy atom. The summed E-state index contributed by atoms with van der Waals surface area (Å²) in [5, 5.41) is 10.1. The summed E-state index contributed by atoms with van der Waals surface area (Å²) < 4.78 is 2.23. The third-order valence-electron chi connectivity index (χ3n) is 2.51. The van der Waals surface area contributed by atoms with Crippen molar-refractivity contribution >= 4 is 0 Å². The normalized spacial score (nSPS) is 10.8. The maximum atomic E-state index is 3.91. The summed E-state index contributed by atoms with van der Waals surface area (Å²) in [6.45, 7) is 5.05. The summed E-state index contributed by atoms with van der Waals surface area (Å²) in [5.74, 6) is 0. The molecule has 0 aliphatic rings. The van der Waals surface area contributed by atoms with Crippen molar-refractivity contribution in [2.75, 3.05) is 0 Å². The van der Waals surface area contributed by atoms with Crippen LogP contribution in [-0.2, 0) is 19.6 Å². The van der Waals surface area contributed by atoms with Crippen LogP contribution in [0.5, 0.6) is 0 Å². The van der Waals surface area contributed by atoms with Crippen LogP contribution in [-0.4, -0.2) is 14.8 Å². The van der Waals surface area contributed by atoms with Crippen molar-refractivity contribution in [3.8, 4) is 0 Å². The molecule has 0 spiro atoms. The van der Waals surface area contributed by atoms with Crippen molar-refractivity contribution in [3.05, 3.63) is 42.0 Å². The van der Waals surface area contributed by atoms with Crippen molar-refractivity contribution in [3.63, 3.8) is 0 Å². The summed E-state index contributed by atoms with van der Waals surface area (Å²) >= 11 is 0. The van der Waals surface area contributed by atoms with E-state index < -0.39 is 0 Å². The highest BCUT2D eigenvalue weighted by Gasteiger charge is 1.97. The van der Waals surface area contributed by atoms with Gasteiger partial charge in [0.05, 0.1) is 6.20 Å². The van der Waals surface area contributed by atoms with E-state index >= 15 is 0 Å². The first-order valence-electron chi connectivity index (χ1n) is 5.71. The molecule has 0 saturated carbocycles. The molecular formula is C12H18N4. The minimum absolute atomic E-state index is 0.857. The SMILES string of the molecule is CCCn1ccc(CNCc2cn[nH]c2)c1. The molecule has 0 unspecified atom stereocenters. The predicted molar refractivity (Wildman–Crippen MR) is 63.9 cm³/mol. The van der Waals surface area contributed by atoms with Gasteiger partial charge in [0, 0.05) is 43.8 Å². The summed E-state index contributed by atoms with van der Waals surface area (Å²) in [5.41, 5.74) is 2.52. The maximum Gasteiger partial charge on any atom is 0.0532 e. The molecular weight excluding hydrogens is 200 g/mol. The van der Waals surface area contributed by atoms with Gasteiger partial charge in [-0.15, -0.1) is 0 Å². The van der Waals surface area contributed by atoms with Gasteiger partial charge in [-0.05, 0) is 18.1 Å². The Morgan fingerprint density at radius 2 is 2.25 bits per heavy atom. The second kappa shape index (κ2) is 5.51. The minimum Gasteiger partial charge on any atom is -0.354 e. The van der Waals surface area contributed by atoms with E-state index in [9.17, 15) is 0 Å². The number of aromatic nitrogens is 3. The summed E-state index contributed by atoms with van der Waals surface area (Å²) in [6.07, 6.45) is 9.27. The summed E-state index contributed by atoms with van der Waals surface area (Å²) in [4.78, 5) is 0. The predicted octanol–water partition coefficient (Wildman–Crippen LogP) is 1.91. The zero-order chi connectivity index (χ0) is 11.2. The third kappa shape index (κ3) is 2.97. The lowest BCUT2D eigenvalue weighted by Crippen LogP contribution is -2.11. The zero-order valence-corrected chi connectivity index (χ0v) is 9.61. The highest BCUT2D eigenvalue weighted by atomic mass is 15.1. The number of H-pyrrole nitrogens is 1. The molecule has 0 saturated heterocycles. The molecule has 0 amide bonds. The van der Waals surface area contributed by atoms with E-state index in [0.717, 1.165) is 19.6 Å². The van der Waals surface area contributed by atoms with Gasteiger partial charge in [0.15, 0.2) is 0 Å². The number of hydrogen-bond donors (Lipinski definition) is 2. The number of nitrogens with zero attached hydrogens (tertiary/aromatic N) is 2. The topological polar surface area (TPSA) is 45.6 Å². The van der Waals surface area contributed by atoms with Gasteiger partial charge in [-0.1, -0.05) is 6.92 Å². The van der Waals surface area contributed by atoms with Gasteiger partial charge in [0.2, 0.25) is 0 Å². The van der Waals surface area contributed by atoms with Gasteiger partial charge in [-0.2, -0.15) is 5.10 Å². The second-order valence-electron chi connectivity index (χ2n) is 3.97. The Balaban J connectivity index is 1.76. The number of aromatic amines is 1. The van der Waals surface area contributed by atoms with Crippen LogP contribution in [0.25, 0.3) is 0 Å². The Labute approximate surface area is 95.7 Å². The second-order valence-corrected chi connectivity index (χ2v) is 3.97. The Hall–Kier alpha value is -1.55. The largest absolute Gasteiger partial charge is 0.354 e. The molecule has 0 aliphatic carbocycles. The fourth-order valence-electron chi connectivity index (χ4n) is 1.72. The van der Waals surface area contributed by atoms with Crippen molar-refractivity contribution in [2.45, 2.75) is 33.0 Å². The molecule has 0 aliphatic heterocycles. The zero-order valence-electron chi connectivity index (χ0n) is 9.61. The highest BCUT2D eigenvalue weighted by molar-refractivity contribution is 5.10. The van der Waals surface area contributed by atoms with Crippen molar-refractivity contribution in [1.29, 1.82) is 0 Å². The van der Waals surface area contributed by atoms with Crippen molar-refractivity contribution in [1.82, 2.24) is 20.1 Å². The molecule has 0 bridgehead atoms. The molecule has 16 heavy (non-hydrogen) atoms. The summed E-state index contributed by atoms with van der Waals surface area (Å²) in [7, 11) is 0. The van der Waals surface area contributed by atoms with Gasteiger partial charge in [0.1, 0.15) is 0 Å². The van der Waals surface area contributed by atoms with Crippen LogP contribution in [0.1, 0.15) is 24.5 Å². The van der Waals surface area contributed by atoms with Gasteiger partial charge in [-0.25, -0.2) is 0 Å². The quantitative estimate of drug-likeness (QED) is 0.778. The first kappa shape index (κ1) is 11.0. The molecule has 4 heteroatoms. The van der Waals surface area contributed by atoms with Crippen LogP contribution in [0.4, 0.5) is 0 Å². The lowest BCUT2D eigenvalue weighted by atomic mass is 10.3. The molecule has 86 valence electrons. The molecule has 2 aromatic rings. The number of nitrogens with one attached hydrogen (secondary N) is 2. The van der Waals surface area contributed by atoms with Crippen LogP contribution < -0.4 is 5.32 Å². The van der Waals surface area contributed by atoms with Crippen LogP contribution in [0.3, 0.4) is 0 Å². The van der Waals surface area contributed by atoms with Crippen molar-refractivity contribution < 1.29 is 0 Å². The Bertz CT molecular complexity index is 402. The standard InChI is InChI=1S/C12H18N4/c1-2-4-16-5-3-11(10-16)6-13-7-12-8-14-15-9-12/h3,5,8-10,13H,2,4,6-7H2,1H3,(H,14,15). The molecule has 0 atom stereocenters. The third-order valence-corrected chi connectivity index (χ3v) is 2.51. The van der Waals surface area contributed by atoms with E-state index in [1.54, 1.807) is 0 Å². The molecule has 2 aromatic heterocycles. The van der Waals surface area contributed by atoms with E-state index in [1.165, 1.54) is 17.5 Å². The average Bonchev–Trinajstić information content (AvgIpc) is 2.90. The lowest BCUT2D eigenvalue weighted by molar-refractivity contribution is 0.668. The van der Waals surface area contributed by atoms with Crippen LogP contribution in [0, 0.1) is 0 Å². The van der Waals surface area contributed by atoms with E-state index in [0.29, 0.717) is 0 Å². The first-order chi connectivity index (χ1) is 7.88. The van der Waals surface area contributed by atoms with Gasteiger partial charge in [-0.3, -0.25) is 5.10 Å². The fraction of sp³-hybridized carbons (Fsp3) is 0.417. The highest BCUT2D eigenvalue weighted by Crippen LogP contribution is 2.02. The molecule has 2 rings (SSSR count). The molecule has 2 heterocycles. The van der Waals surface area contributed by atoms with Crippen LogP contribution in [0.15, 0.2) is 30.9 Å². The van der Waals surface area contributed by atoms with Gasteiger partial charge < -0.3 is 9.88 Å². The van der Waals surface area contributed by atoms with Crippen LogP contribution >= 0.6 is 0 Å². The molecule has 0 fully saturated rings. The Morgan fingerprint density at radius 1 is 1.38 bits per heavy atom. The minimum atomic E-state index is 0.857. The van der Waals surface area contributed by atoms with E-state index in [2.05, 4.69) is 45.5 Å². The van der Waals surface area contributed by atoms with E-state index in [-0.39, 0.29) is 0 Å². The van der Waals surface area contributed by atoms with Crippen molar-refractivity contribution in [2.24, 2.45) is 0 Å². The Kier molecular flexibility index (Phi) is 3.77. The van der Waals surface area contributed by atoms with E-state index in [4.69, 9.17) is 0 Å². The average molecular weight is 218 g/mol. The van der Waals surface area contributed by atoms with Crippen LogP contribution in [0.2, 0.25) is 0 Å². The van der Waals surface area contributed by atoms with E-state index in [1.807, 2.05) is 12.4 Å². The summed E-state index contributed by atoms with van der Waals surface area (Å²) in [6, 6.07) is 2.16. The number of hydrogen-bond acceptors (Lipinski definition) is 2. The monoisotopic (exact) mass is 218 g/mol.